The monoisotopic (exact) mass is 414 g/mol. The number of nitrogens with zero attached hydrogens (tertiary/aromatic N) is 1. The van der Waals surface area contributed by atoms with E-state index in [0.717, 1.165) is 17.8 Å². The number of hydrogen-bond donors (Lipinski definition) is 1. The molecule has 0 saturated carbocycles. The third-order valence-electron chi connectivity index (χ3n) is 3.85. The van der Waals surface area contributed by atoms with Crippen LogP contribution in [0.3, 0.4) is 0 Å². The number of ether oxygens (including phenoxy) is 1. The van der Waals surface area contributed by atoms with E-state index < -0.39 is 16.0 Å². The molecule has 0 spiro atoms. The highest BCUT2D eigenvalue weighted by molar-refractivity contribution is 7.93. The number of benzene rings is 1. The largest absolute Gasteiger partial charge is 0.465 e. The third-order valence-corrected chi connectivity index (χ3v) is 6.60. The van der Waals surface area contributed by atoms with Crippen LogP contribution in [0.15, 0.2) is 34.5 Å². The molecule has 0 bridgehead atoms. The molecule has 1 aliphatic heterocycles. The predicted molar refractivity (Wildman–Crippen MR) is 99.5 cm³/mol. The highest BCUT2D eigenvalue weighted by Gasteiger charge is 2.26. The van der Waals surface area contributed by atoms with Gasteiger partial charge in [-0.15, -0.1) is 11.3 Å². The summed E-state index contributed by atoms with van der Waals surface area (Å²) in [6.07, 6.45) is 1.23. The van der Waals surface area contributed by atoms with Gasteiger partial charge in [0, 0.05) is 13.0 Å². The second kappa shape index (κ2) is 7.26. The maximum atomic E-state index is 12.6. The lowest BCUT2D eigenvalue weighted by atomic mass is 10.2. The Hall–Kier alpha value is -2.10. The van der Waals surface area contributed by atoms with E-state index in [-0.39, 0.29) is 26.4 Å². The summed E-state index contributed by atoms with van der Waals surface area (Å²) >= 11 is 7.21. The minimum absolute atomic E-state index is 0.00891. The molecule has 2 heterocycles. The Morgan fingerprint density at radius 3 is 2.73 bits per heavy atom. The number of carbonyl (C=O) groups is 2. The van der Waals surface area contributed by atoms with Gasteiger partial charge >= 0.3 is 5.97 Å². The summed E-state index contributed by atoms with van der Waals surface area (Å²) in [4.78, 5) is 25.0. The van der Waals surface area contributed by atoms with Crippen LogP contribution in [0.2, 0.25) is 5.02 Å². The number of methoxy groups -OCH3 is 1. The number of anilines is 2. The first-order valence-electron chi connectivity index (χ1n) is 7.62. The van der Waals surface area contributed by atoms with Crippen LogP contribution in [-0.2, 0) is 19.6 Å². The molecule has 7 nitrogen and oxygen atoms in total. The Bertz CT molecular complexity index is 971. The van der Waals surface area contributed by atoms with Gasteiger partial charge in [0.05, 0.1) is 23.5 Å². The van der Waals surface area contributed by atoms with Gasteiger partial charge in [-0.3, -0.25) is 9.52 Å². The van der Waals surface area contributed by atoms with Gasteiger partial charge in [-0.25, -0.2) is 13.2 Å². The normalized spacial score (nSPS) is 14.5. The summed E-state index contributed by atoms with van der Waals surface area (Å²) in [5.74, 6) is -0.734. The molecular weight excluding hydrogens is 400 g/mol. The number of esters is 1. The van der Waals surface area contributed by atoms with Gasteiger partial charge in [-0.1, -0.05) is 11.6 Å². The fourth-order valence-corrected chi connectivity index (χ4v) is 5.32. The van der Waals surface area contributed by atoms with Crippen LogP contribution in [0.25, 0.3) is 0 Å². The number of nitrogens with one attached hydrogen (secondary N) is 1. The van der Waals surface area contributed by atoms with Crippen molar-refractivity contribution in [2.24, 2.45) is 0 Å². The topological polar surface area (TPSA) is 92.8 Å². The fourth-order valence-electron chi connectivity index (χ4n) is 2.65. The van der Waals surface area contributed by atoms with Gasteiger partial charge in [0.1, 0.15) is 9.77 Å². The molecule has 0 unspecified atom stereocenters. The standard InChI is InChI=1S/C16H15ClN2O5S2/c1-24-16(21)15-13(6-8-25-15)26(22,23)18-10-4-5-12(11(17)9-10)19-7-2-3-14(19)20/h4-6,8-9,18H,2-3,7H2,1H3. The quantitative estimate of drug-likeness (QED) is 0.759. The second-order valence-electron chi connectivity index (χ2n) is 5.53. The van der Waals surface area contributed by atoms with Crippen LogP contribution in [0.1, 0.15) is 22.5 Å². The maximum absolute atomic E-state index is 12.6. The molecule has 26 heavy (non-hydrogen) atoms. The van der Waals surface area contributed by atoms with Gasteiger partial charge in [-0.05, 0) is 36.1 Å². The Kier molecular flexibility index (Phi) is 5.22. The molecule has 10 heteroatoms. The summed E-state index contributed by atoms with van der Waals surface area (Å²) in [7, 11) is -2.81. The van der Waals surface area contributed by atoms with Crippen LogP contribution in [0, 0.1) is 0 Å². The molecule has 1 fully saturated rings. The average Bonchev–Trinajstić information content (AvgIpc) is 3.23. The molecule has 2 aromatic rings. The van der Waals surface area contributed by atoms with E-state index >= 15 is 0 Å². The highest BCUT2D eigenvalue weighted by atomic mass is 35.5. The smallest absolute Gasteiger partial charge is 0.349 e. The first kappa shape index (κ1) is 18.7. The van der Waals surface area contributed by atoms with Crippen molar-refractivity contribution < 1.29 is 22.7 Å². The number of hydrogen-bond acceptors (Lipinski definition) is 6. The van der Waals surface area contributed by atoms with Crippen molar-refractivity contribution in [3.63, 3.8) is 0 Å². The van der Waals surface area contributed by atoms with E-state index in [1.54, 1.807) is 11.0 Å². The number of amides is 1. The van der Waals surface area contributed by atoms with E-state index in [1.807, 2.05) is 0 Å². The van der Waals surface area contributed by atoms with Crippen molar-refractivity contribution in [1.29, 1.82) is 0 Å². The van der Waals surface area contributed by atoms with E-state index in [9.17, 15) is 18.0 Å². The number of halogens is 1. The fraction of sp³-hybridized carbons (Fsp3) is 0.250. The Morgan fingerprint density at radius 1 is 1.35 bits per heavy atom. The lowest BCUT2D eigenvalue weighted by molar-refractivity contribution is -0.117. The second-order valence-corrected chi connectivity index (χ2v) is 8.50. The van der Waals surface area contributed by atoms with Gasteiger partial charge < -0.3 is 9.64 Å². The summed E-state index contributed by atoms with van der Waals surface area (Å²) < 4.78 is 32.2. The first-order valence-corrected chi connectivity index (χ1v) is 10.4. The van der Waals surface area contributed by atoms with Crippen LogP contribution < -0.4 is 9.62 Å². The molecule has 3 rings (SSSR count). The van der Waals surface area contributed by atoms with Crippen molar-refractivity contribution >= 4 is 56.2 Å². The number of sulfonamides is 1. The summed E-state index contributed by atoms with van der Waals surface area (Å²) in [6, 6.07) is 5.88. The number of carbonyl (C=O) groups excluding carboxylic acids is 2. The number of thiophene rings is 1. The molecule has 0 radical (unpaired) electrons. The van der Waals surface area contributed by atoms with Gasteiger partial charge in [0.2, 0.25) is 5.91 Å². The molecule has 0 atom stereocenters. The van der Waals surface area contributed by atoms with Crippen molar-refractivity contribution in [2.75, 3.05) is 23.3 Å². The number of rotatable bonds is 5. The van der Waals surface area contributed by atoms with E-state index in [2.05, 4.69) is 9.46 Å². The minimum atomic E-state index is -3.99. The first-order chi connectivity index (χ1) is 12.3. The van der Waals surface area contributed by atoms with Gasteiger partial charge in [-0.2, -0.15) is 0 Å². The lowest BCUT2D eigenvalue weighted by Crippen LogP contribution is -2.24. The van der Waals surface area contributed by atoms with Crippen molar-refractivity contribution in [1.82, 2.24) is 0 Å². The highest BCUT2D eigenvalue weighted by Crippen LogP contribution is 2.33. The molecule has 1 saturated heterocycles. The van der Waals surface area contributed by atoms with Crippen LogP contribution in [0.5, 0.6) is 0 Å². The lowest BCUT2D eigenvalue weighted by Gasteiger charge is -2.18. The molecule has 1 amide bonds. The summed E-state index contributed by atoms with van der Waals surface area (Å²) in [5, 5.41) is 1.76. The molecule has 1 aromatic carbocycles. The SMILES string of the molecule is COC(=O)c1sccc1S(=O)(=O)Nc1ccc(N2CCCC2=O)c(Cl)c1. The maximum Gasteiger partial charge on any atom is 0.349 e. The molecule has 1 aliphatic rings. The zero-order chi connectivity index (χ0) is 18.9. The van der Waals surface area contributed by atoms with Crippen molar-refractivity contribution in [2.45, 2.75) is 17.7 Å². The van der Waals surface area contributed by atoms with Crippen LogP contribution >= 0.6 is 22.9 Å². The Labute approximate surface area is 159 Å². The molecular formula is C16H15ClN2O5S2. The van der Waals surface area contributed by atoms with Crippen LogP contribution in [0.4, 0.5) is 11.4 Å². The molecule has 1 N–H and O–H groups in total. The molecule has 1 aromatic heterocycles. The summed E-state index contributed by atoms with van der Waals surface area (Å²) in [6.45, 7) is 0.584. The minimum Gasteiger partial charge on any atom is -0.465 e. The zero-order valence-electron chi connectivity index (χ0n) is 13.7. The summed E-state index contributed by atoms with van der Waals surface area (Å²) in [5.41, 5.74) is 0.773. The molecule has 0 aliphatic carbocycles. The van der Waals surface area contributed by atoms with E-state index in [1.165, 1.54) is 30.7 Å². The third kappa shape index (κ3) is 3.55. The Morgan fingerprint density at radius 2 is 2.12 bits per heavy atom. The predicted octanol–water partition coefficient (Wildman–Crippen LogP) is 3.12. The Balaban J connectivity index is 1.87. The van der Waals surface area contributed by atoms with Crippen molar-refractivity contribution in [3.8, 4) is 0 Å². The van der Waals surface area contributed by atoms with Crippen LogP contribution in [-0.4, -0.2) is 33.9 Å². The van der Waals surface area contributed by atoms with Gasteiger partial charge in [0.25, 0.3) is 10.0 Å². The van der Waals surface area contributed by atoms with E-state index in [4.69, 9.17) is 11.6 Å². The zero-order valence-corrected chi connectivity index (χ0v) is 16.1. The van der Waals surface area contributed by atoms with Gasteiger partial charge in [0.15, 0.2) is 0 Å². The average molecular weight is 415 g/mol. The molecule has 138 valence electrons. The van der Waals surface area contributed by atoms with Crippen molar-refractivity contribution in [3.05, 3.63) is 39.5 Å². The van der Waals surface area contributed by atoms with E-state index in [0.29, 0.717) is 18.7 Å².